The first-order valence-electron chi connectivity index (χ1n) is 0. The van der Waals surface area contributed by atoms with E-state index in [0.717, 1.165) is 0 Å². The maximum Gasteiger partial charge on any atom is 4.00 e. The van der Waals surface area contributed by atoms with Gasteiger partial charge in [0.25, 0.3) is 0 Å². The molecule has 4 heavy (non-hydrogen) atoms. The van der Waals surface area contributed by atoms with Crippen molar-refractivity contribution in [3.05, 3.63) is 0 Å². The van der Waals surface area contributed by atoms with Gasteiger partial charge >= 0.3 is 69.1 Å². The Labute approximate surface area is 78.6 Å². The third kappa shape index (κ3) is 8.87. The SMILES string of the molecule is [Gd+3].[O-2].[O-2].[Pu+4]. The van der Waals surface area contributed by atoms with Crippen LogP contribution in [0, 0.1) is 69.1 Å². The van der Waals surface area contributed by atoms with E-state index in [0.29, 0.717) is 0 Å². The van der Waals surface area contributed by atoms with E-state index in [1.54, 1.807) is 0 Å². The minimum absolute atomic E-state index is 0. The molecule has 0 saturated heterocycles. The molecule has 0 unspecified atom stereocenters. The second-order valence-electron chi connectivity index (χ2n) is 0. The standard InChI is InChI=1S/Gd.2O.Pu/q+3;2*-2;+4. The van der Waals surface area contributed by atoms with E-state index in [1.165, 1.54) is 0 Å². The summed E-state index contributed by atoms with van der Waals surface area (Å²) in [5.74, 6) is 0. The van der Waals surface area contributed by atoms with Gasteiger partial charge in [0.1, 0.15) is 0 Å². The summed E-state index contributed by atoms with van der Waals surface area (Å²) in [5.41, 5.74) is 0. The molecule has 0 aromatic carbocycles. The van der Waals surface area contributed by atoms with Crippen LogP contribution in [0.3, 0.4) is 0 Å². The second-order valence-corrected chi connectivity index (χ2v) is 0. The van der Waals surface area contributed by atoms with Crippen LogP contribution in [-0.4, -0.2) is 0 Å². The molecule has 0 fully saturated rings. The summed E-state index contributed by atoms with van der Waals surface area (Å²) in [6.45, 7) is 0. The fourth-order valence-electron chi connectivity index (χ4n) is 0. The number of hydrogen-bond donors (Lipinski definition) is 0. The Morgan fingerprint density at radius 1 is 0.750 bits per heavy atom. The molecule has 0 aliphatic carbocycles. The van der Waals surface area contributed by atoms with Crippen molar-refractivity contribution in [3.8, 4) is 0 Å². The number of hydrogen-bond acceptors (Lipinski definition) is 0. The van der Waals surface area contributed by atoms with Gasteiger partial charge in [-0.1, -0.05) is 0 Å². The smallest absolute Gasteiger partial charge is 2.00 e. The summed E-state index contributed by atoms with van der Waals surface area (Å²) in [6, 6.07) is 0. The molecule has 4 heteroatoms. The molecule has 0 aromatic rings. The molecule has 2 nitrogen and oxygen atoms in total. The van der Waals surface area contributed by atoms with Crippen molar-refractivity contribution in [1.82, 2.24) is 0 Å². The van der Waals surface area contributed by atoms with Gasteiger partial charge in [-0.15, -0.1) is 0 Å². The van der Waals surface area contributed by atoms with Gasteiger partial charge in [0.05, 0.1) is 0 Å². The van der Waals surface area contributed by atoms with Crippen LogP contribution in [-0.2, 0) is 11.0 Å². The molecule has 0 spiro atoms. The van der Waals surface area contributed by atoms with Gasteiger partial charge in [-0.25, -0.2) is 0 Å². The van der Waals surface area contributed by atoms with Crippen molar-refractivity contribution in [3.63, 3.8) is 0 Å². The van der Waals surface area contributed by atoms with E-state index >= 15 is 0 Å². The minimum atomic E-state index is 0. The zero-order chi connectivity index (χ0) is 0. The minimum Gasteiger partial charge on any atom is -2.00 e. The number of rotatable bonds is 0. The van der Waals surface area contributed by atoms with Crippen molar-refractivity contribution in [2.24, 2.45) is 0 Å². The summed E-state index contributed by atoms with van der Waals surface area (Å²) >= 11 is 0. The molecule has 0 atom stereocenters. The van der Waals surface area contributed by atoms with Gasteiger partial charge < -0.3 is 11.0 Å². The molecule has 0 N–H and O–H groups in total. The Morgan fingerprint density at radius 3 is 0.750 bits per heavy atom. The normalized spacial score (nSPS) is 0. The van der Waals surface area contributed by atoms with E-state index < -0.39 is 0 Å². The Bertz CT molecular complexity index is 6.00. The third-order valence-corrected chi connectivity index (χ3v) is 0. The maximum absolute atomic E-state index is 0. The summed E-state index contributed by atoms with van der Waals surface area (Å²) in [5, 5.41) is 0. The molecular weight excluding hydrogens is 433 g/mol. The summed E-state index contributed by atoms with van der Waals surface area (Å²) in [6.07, 6.45) is 0. The molecule has 0 aromatic heterocycles. The fraction of sp³-hybridized carbons (Fsp3) is 0. The molecule has 0 saturated carbocycles. The average molecular weight is 433 g/mol. The quantitative estimate of drug-likeness (QED) is 0.507. The van der Waals surface area contributed by atoms with Crippen LogP contribution >= 0.6 is 0 Å². The molecule has 23 valence electrons. The topological polar surface area (TPSA) is 57.0 Å². The van der Waals surface area contributed by atoms with Crippen molar-refractivity contribution in [2.75, 3.05) is 0 Å². The van der Waals surface area contributed by atoms with Crippen LogP contribution in [0.1, 0.15) is 0 Å². The Morgan fingerprint density at radius 2 is 0.750 bits per heavy atom. The van der Waals surface area contributed by atoms with Crippen LogP contribution < -0.4 is 0 Å². The van der Waals surface area contributed by atoms with Crippen LogP contribution in [0.5, 0.6) is 0 Å². The van der Waals surface area contributed by atoms with Crippen LogP contribution in [0.25, 0.3) is 0 Å². The van der Waals surface area contributed by atoms with Crippen molar-refractivity contribution >= 4 is 0 Å². The Hall–Kier alpha value is 2.23. The summed E-state index contributed by atoms with van der Waals surface area (Å²) < 4.78 is 0. The molecule has 0 heterocycles. The summed E-state index contributed by atoms with van der Waals surface area (Å²) in [7, 11) is 0. The first-order valence-corrected chi connectivity index (χ1v) is 0. The second kappa shape index (κ2) is 18.8. The summed E-state index contributed by atoms with van der Waals surface area (Å²) in [4.78, 5) is 0. The van der Waals surface area contributed by atoms with Crippen molar-refractivity contribution < 1.29 is 80.1 Å². The van der Waals surface area contributed by atoms with E-state index in [-0.39, 0.29) is 80.1 Å². The average Bonchev–Trinajstić information content (AvgIpc) is 0. The molecular formula is GdO2Pu+3. The largest absolute Gasteiger partial charge is 4.00 e. The van der Waals surface area contributed by atoms with E-state index in [4.69, 9.17) is 0 Å². The predicted octanol–water partition coefficient (Wildman–Crippen LogP) is -0.238. The molecule has 1 radical (unpaired) electrons. The predicted molar refractivity (Wildman–Crippen MR) is 1.37 cm³/mol. The van der Waals surface area contributed by atoms with Crippen LogP contribution in [0.2, 0.25) is 0 Å². The van der Waals surface area contributed by atoms with E-state index in [2.05, 4.69) is 0 Å². The van der Waals surface area contributed by atoms with Gasteiger partial charge in [-0.3, -0.25) is 0 Å². The molecule has 0 rings (SSSR count). The zero-order valence-electron chi connectivity index (χ0n) is 1.58. The first kappa shape index (κ1) is 34.2. The molecule has 0 aliphatic rings. The van der Waals surface area contributed by atoms with E-state index in [1.807, 2.05) is 0 Å². The van der Waals surface area contributed by atoms with Gasteiger partial charge in [0.15, 0.2) is 0 Å². The zero-order valence-corrected chi connectivity index (χ0v) is 7.25. The molecule has 0 bridgehead atoms. The van der Waals surface area contributed by atoms with Crippen molar-refractivity contribution in [1.29, 1.82) is 0 Å². The van der Waals surface area contributed by atoms with E-state index in [9.17, 15) is 0 Å². The van der Waals surface area contributed by atoms with Gasteiger partial charge in [-0.05, 0) is 0 Å². The van der Waals surface area contributed by atoms with Gasteiger partial charge in [0.2, 0.25) is 0 Å². The first-order chi connectivity index (χ1) is 0. The van der Waals surface area contributed by atoms with Gasteiger partial charge in [-0.2, -0.15) is 0 Å². The molecule has 0 amide bonds. The third-order valence-electron chi connectivity index (χ3n) is 0. The van der Waals surface area contributed by atoms with Gasteiger partial charge in [0, 0.05) is 0 Å². The Kier molecular flexibility index (Phi) is 161. The van der Waals surface area contributed by atoms with Crippen LogP contribution in [0.15, 0.2) is 0 Å². The maximum atomic E-state index is 0. The molecule has 0 aliphatic heterocycles. The monoisotopic (exact) mass is 428 g/mol. The fourth-order valence-corrected chi connectivity index (χ4v) is 0. The Balaban J connectivity index is 0. The van der Waals surface area contributed by atoms with Crippen LogP contribution in [0.4, 0.5) is 0 Å². The van der Waals surface area contributed by atoms with Crippen molar-refractivity contribution in [2.45, 2.75) is 0 Å².